The van der Waals surface area contributed by atoms with Crippen molar-refractivity contribution in [3.8, 4) is 0 Å². The van der Waals surface area contributed by atoms with Gasteiger partial charge in [0.05, 0.1) is 19.3 Å². The second-order valence-corrected chi connectivity index (χ2v) is 7.81. The van der Waals surface area contributed by atoms with Gasteiger partial charge in [0.15, 0.2) is 0 Å². The van der Waals surface area contributed by atoms with Gasteiger partial charge in [-0.05, 0) is 12.1 Å². The Morgan fingerprint density at radius 3 is 2.31 bits per heavy atom. The average Bonchev–Trinajstić information content (AvgIpc) is 3.26. The highest BCUT2D eigenvalue weighted by molar-refractivity contribution is 5.26. The van der Waals surface area contributed by atoms with Crippen LogP contribution in [-0.2, 0) is 15.2 Å². The van der Waals surface area contributed by atoms with E-state index >= 15 is 0 Å². The topological polar surface area (TPSA) is 221 Å². The van der Waals surface area contributed by atoms with Crippen molar-refractivity contribution >= 4 is 11.6 Å². The fourth-order valence-corrected chi connectivity index (χ4v) is 4.51. The molecule has 2 aromatic heterocycles. The molecule has 2 aliphatic heterocycles. The molecule has 0 amide bonds. The van der Waals surface area contributed by atoms with Crippen LogP contribution in [0.3, 0.4) is 0 Å². The number of nitrogen functional groups attached to an aromatic ring is 2. The van der Waals surface area contributed by atoms with Crippen LogP contribution >= 0.6 is 0 Å². The Balaban J connectivity index is 1.88. The first-order valence-electron chi connectivity index (χ1n) is 9.82. The Bertz CT molecular complexity index is 1120. The van der Waals surface area contributed by atoms with Gasteiger partial charge in [0, 0.05) is 25.2 Å². The quantitative estimate of drug-likeness (QED) is 0.260. The number of rotatable bonds is 5. The molecule has 0 saturated carbocycles. The molecule has 6 atom stereocenters. The predicted molar refractivity (Wildman–Crippen MR) is 107 cm³/mol. The van der Waals surface area contributed by atoms with Crippen LogP contribution in [0.2, 0.25) is 0 Å². The van der Waals surface area contributed by atoms with Crippen molar-refractivity contribution in [3.05, 3.63) is 45.5 Å². The SMILES string of the molecule is Nc1ccn([C@H]2C[C@@](O)([C@@]3(n4ccc(N)nc4=O)O[C@H](CO)C[C@H]3O)[C@@H](CO)O2)c(=O)n1. The maximum absolute atomic E-state index is 12.7. The lowest BCUT2D eigenvalue weighted by molar-refractivity contribution is -0.274. The van der Waals surface area contributed by atoms with Crippen molar-refractivity contribution in [2.24, 2.45) is 0 Å². The molecule has 0 radical (unpaired) electrons. The number of nitrogens with zero attached hydrogens (tertiary/aromatic N) is 4. The smallest absolute Gasteiger partial charge is 0.352 e. The molecule has 4 heterocycles. The summed E-state index contributed by atoms with van der Waals surface area (Å²) in [6, 6.07) is 2.62. The molecule has 0 aromatic carbocycles. The largest absolute Gasteiger partial charge is 0.394 e. The Hall–Kier alpha value is -2.88. The Kier molecular flexibility index (Phi) is 5.52. The van der Waals surface area contributed by atoms with Gasteiger partial charge >= 0.3 is 11.4 Å². The van der Waals surface area contributed by atoms with Crippen LogP contribution in [0.4, 0.5) is 11.6 Å². The first-order valence-corrected chi connectivity index (χ1v) is 9.82. The summed E-state index contributed by atoms with van der Waals surface area (Å²) in [6.07, 6.45) is -3.06. The standard InChI is InChI=1S/C18H24N6O8/c19-12-1-3-23(15(28)21-12)14-6-17(30,11(8-26)31-14)18(10(27)5-9(7-25)32-18)24-4-2-13(20)22-16(24)29/h1-4,9-11,14,25-27,30H,5-8H2,(H2,19,21,28)(H2,20,22,29)/t9-,10+,11+,14+,17-,18-/m0/s1. The van der Waals surface area contributed by atoms with Crippen molar-refractivity contribution in [1.82, 2.24) is 19.1 Å². The number of hydrogen-bond donors (Lipinski definition) is 6. The van der Waals surface area contributed by atoms with Crippen LogP contribution in [0.5, 0.6) is 0 Å². The lowest BCUT2D eigenvalue weighted by Crippen LogP contribution is -2.67. The van der Waals surface area contributed by atoms with Gasteiger partial charge in [0.1, 0.15) is 35.7 Å². The van der Waals surface area contributed by atoms with Crippen LogP contribution < -0.4 is 22.8 Å². The highest BCUT2D eigenvalue weighted by Gasteiger charge is 2.69. The molecule has 2 fully saturated rings. The van der Waals surface area contributed by atoms with E-state index < -0.39 is 66.9 Å². The van der Waals surface area contributed by atoms with Gasteiger partial charge in [0.2, 0.25) is 5.72 Å². The minimum absolute atomic E-state index is 0.0190. The molecule has 4 rings (SSSR count). The maximum atomic E-state index is 12.7. The van der Waals surface area contributed by atoms with Crippen molar-refractivity contribution in [2.45, 2.75) is 48.7 Å². The molecule has 0 aliphatic carbocycles. The van der Waals surface area contributed by atoms with Gasteiger partial charge in [-0.15, -0.1) is 0 Å². The zero-order chi connectivity index (χ0) is 23.3. The second-order valence-electron chi connectivity index (χ2n) is 7.81. The molecule has 174 valence electrons. The minimum atomic E-state index is -2.25. The molecule has 32 heavy (non-hydrogen) atoms. The normalized spacial score (nSPS) is 34.8. The number of aromatic nitrogens is 4. The molecule has 0 spiro atoms. The maximum Gasteiger partial charge on any atom is 0.352 e. The third-order valence-corrected chi connectivity index (χ3v) is 5.96. The number of aliphatic hydroxyl groups excluding tert-OH is 3. The monoisotopic (exact) mass is 452 g/mol. The van der Waals surface area contributed by atoms with Gasteiger partial charge in [-0.3, -0.25) is 9.13 Å². The van der Waals surface area contributed by atoms with Gasteiger partial charge in [-0.1, -0.05) is 0 Å². The summed E-state index contributed by atoms with van der Waals surface area (Å²) in [7, 11) is 0. The van der Waals surface area contributed by atoms with Crippen molar-refractivity contribution in [2.75, 3.05) is 24.7 Å². The second kappa shape index (κ2) is 7.91. The van der Waals surface area contributed by atoms with E-state index in [2.05, 4.69) is 9.97 Å². The molecule has 2 aromatic rings. The number of anilines is 2. The highest BCUT2D eigenvalue weighted by atomic mass is 16.6. The van der Waals surface area contributed by atoms with Crippen molar-refractivity contribution in [1.29, 1.82) is 0 Å². The molecule has 14 heteroatoms. The Morgan fingerprint density at radius 2 is 1.75 bits per heavy atom. The molecule has 8 N–H and O–H groups in total. The fraction of sp³-hybridized carbons (Fsp3) is 0.556. The lowest BCUT2D eigenvalue weighted by Gasteiger charge is -2.46. The number of ether oxygens (including phenoxy) is 2. The molecule has 14 nitrogen and oxygen atoms in total. The summed E-state index contributed by atoms with van der Waals surface area (Å²) in [5.41, 5.74) is 4.92. The van der Waals surface area contributed by atoms with Crippen molar-refractivity contribution < 1.29 is 29.9 Å². The molecule has 2 aliphatic rings. The minimum Gasteiger partial charge on any atom is -0.394 e. The fourth-order valence-electron chi connectivity index (χ4n) is 4.51. The first kappa shape index (κ1) is 22.3. The highest BCUT2D eigenvalue weighted by Crippen LogP contribution is 2.52. The zero-order valence-corrected chi connectivity index (χ0v) is 16.8. The molecule has 0 bridgehead atoms. The van der Waals surface area contributed by atoms with Gasteiger partial charge in [-0.2, -0.15) is 9.97 Å². The van der Waals surface area contributed by atoms with Crippen LogP contribution in [-0.4, -0.2) is 76.7 Å². The summed E-state index contributed by atoms with van der Waals surface area (Å²) in [4.78, 5) is 32.3. The van der Waals surface area contributed by atoms with Crippen molar-refractivity contribution in [3.63, 3.8) is 0 Å². The predicted octanol–water partition coefficient (Wildman–Crippen LogP) is -3.53. The van der Waals surface area contributed by atoms with E-state index in [4.69, 9.17) is 20.9 Å². The Morgan fingerprint density at radius 1 is 1.09 bits per heavy atom. The molecular formula is C18H24N6O8. The summed E-state index contributed by atoms with van der Waals surface area (Å²) in [5, 5.41) is 42.5. The molecule has 2 saturated heterocycles. The van der Waals surface area contributed by atoms with Crippen LogP contribution in [0.1, 0.15) is 19.1 Å². The lowest BCUT2D eigenvalue weighted by atomic mass is 9.79. The summed E-state index contributed by atoms with van der Waals surface area (Å²) < 4.78 is 13.5. The van der Waals surface area contributed by atoms with Gasteiger partial charge in [-0.25, -0.2) is 9.59 Å². The van der Waals surface area contributed by atoms with E-state index in [1.807, 2.05) is 0 Å². The number of nitrogens with two attached hydrogens (primary N) is 2. The first-order chi connectivity index (χ1) is 15.2. The average molecular weight is 452 g/mol. The number of aliphatic hydroxyl groups is 4. The summed E-state index contributed by atoms with van der Waals surface area (Å²) in [5.74, 6) is -0.118. The van der Waals surface area contributed by atoms with Crippen LogP contribution in [0.15, 0.2) is 34.1 Å². The van der Waals surface area contributed by atoms with E-state index in [-0.39, 0.29) is 18.1 Å². The zero-order valence-electron chi connectivity index (χ0n) is 16.8. The van der Waals surface area contributed by atoms with Gasteiger partial charge in [0.25, 0.3) is 0 Å². The summed E-state index contributed by atoms with van der Waals surface area (Å²) >= 11 is 0. The third kappa shape index (κ3) is 3.19. The third-order valence-electron chi connectivity index (χ3n) is 5.96. The van der Waals surface area contributed by atoms with Crippen LogP contribution in [0.25, 0.3) is 0 Å². The summed E-state index contributed by atoms with van der Waals surface area (Å²) in [6.45, 7) is -1.26. The van der Waals surface area contributed by atoms with Crippen LogP contribution in [0, 0.1) is 0 Å². The van der Waals surface area contributed by atoms with E-state index in [1.165, 1.54) is 24.5 Å². The van der Waals surface area contributed by atoms with Gasteiger partial charge < -0.3 is 41.4 Å². The van der Waals surface area contributed by atoms with E-state index in [0.29, 0.717) is 0 Å². The molecule has 0 unspecified atom stereocenters. The Labute approximate surface area is 180 Å². The number of hydrogen-bond acceptors (Lipinski definition) is 12. The van der Waals surface area contributed by atoms with E-state index in [1.54, 1.807) is 0 Å². The van der Waals surface area contributed by atoms with E-state index in [9.17, 15) is 30.0 Å². The van der Waals surface area contributed by atoms with E-state index in [0.717, 1.165) is 9.13 Å². The molecular weight excluding hydrogens is 428 g/mol.